The van der Waals surface area contributed by atoms with Gasteiger partial charge in [0.1, 0.15) is 0 Å². The molecule has 0 aromatic heterocycles. The highest BCUT2D eigenvalue weighted by Gasteiger charge is 2.27. The average molecular weight is 440 g/mol. The molecule has 27 heavy (non-hydrogen) atoms. The van der Waals surface area contributed by atoms with Gasteiger partial charge < -0.3 is 0 Å². The summed E-state index contributed by atoms with van der Waals surface area (Å²) < 4.78 is 78.1. The van der Waals surface area contributed by atoms with Crippen LogP contribution in [0.5, 0.6) is 0 Å². The van der Waals surface area contributed by atoms with Crippen molar-refractivity contribution in [1.29, 1.82) is 0 Å². The minimum atomic E-state index is -3.80. The van der Waals surface area contributed by atoms with Crippen molar-refractivity contribution in [3.63, 3.8) is 0 Å². The predicted octanol–water partition coefficient (Wildman–Crippen LogP) is 0.0788. The molecule has 154 valence electrons. The van der Waals surface area contributed by atoms with Crippen LogP contribution < -0.4 is 9.44 Å². The highest BCUT2D eigenvalue weighted by Crippen LogP contribution is 2.22. The summed E-state index contributed by atoms with van der Waals surface area (Å²) >= 11 is 0. The van der Waals surface area contributed by atoms with E-state index in [0.717, 1.165) is 12.8 Å². The molecule has 1 heterocycles. The van der Waals surface area contributed by atoms with E-state index >= 15 is 0 Å². The molecule has 12 heteroatoms. The molecule has 1 saturated heterocycles. The lowest BCUT2D eigenvalue weighted by atomic mass is 10.4. The molecular formula is C15H25N3O6S3. The summed E-state index contributed by atoms with van der Waals surface area (Å²) in [6.07, 6.45) is 1.94. The van der Waals surface area contributed by atoms with Crippen LogP contribution in [0.1, 0.15) is 26.2 Å². The summed E-state index contributed by atoms with van der Waals surface area (Å²) in [5.41, 5.74) is 0. The van der Waals surface area contributed by atoms with E-state index in [9.17, 15) is 25.3 Å². The van der Waals surface area contributed by atoms with Gasteiger partial charge in [-0.1, -0.05) is 0 Å². The Balaban J connectivity index is 1.95. The largest absolute Gasteiger partial charge is 0.243 e. The van der Waals surface area contributed by atoms with Crippen molar-refractivity contribution in [3.8, 4) is 0 Å². The Morgan fingerprint density at radius 3 is 1.93 bits per heavy atom. The molecule has 0 bridgehead atoms. The Hall–Kier alpha value is -1.05. The van der Waals surface area contributed by atoms with Crippen LogP contribution in [0.4, 0.5) is 0 Å². The van der Waals surface area contributed by atoms with Gasteiger partial charge in [0.15, 0.2) is 0 Å². The second-order valence-corrected chi connectivity index (χ2v) is 11.9. The molecule has 1 aromatic carbocycles. The predicted molar refractivity (Wildman–Crippen MR) is 102 cm³/mol. The monoisotopic (exact) mass is 439 g/mol. The van der Waals surface area contributed by atoms with E-state index in [1.807, 2.05) is 0 Å². The zero-order chi connectivity index (χ0) is 20.1. The minimum Gasteiger partial charge on any atom is -0.215 e. The van der Waals surface area contributed by atoms with Gasteiger partial charge in [-0.25, -0.2) is 34.7 Å². The third-order valence-corrected chi connectivity index (χ3v) is 8.98. The summed E-state index contributed by atoms with van der Waals surface area (Å²) in [5.74, 6) is -0.0363. The van der Waals surface area contributed by atoms with Gasteiger partial charge >= 0.3 is 0 Å². The first-order valence-corrected chi connectivity index (χ1v) is 13.2. The lowest BCUT2D eigenvalue weighted by molar-refractivity contribution is 0.477. The van der Waals surface area contributed by atoms with Gasteiger partial charge in [-0.05, 0) is 50.5 Å². The number of nitrogens with one attached hydrogen (secondary N) is 2. The molecule has 0 aliphatic carbocycles. The quantitative estimate of drug-likeness (QED) is 0.497. The van der Waals surface area contributed by atoms with Crippen LogP contribution in [0, 0.1) is 0 Å². The number of hydrogen-bond donors (Lipinski definition) is 2. The Morgan fingerprint density at radius 1 is 0.852 bits per heavy atom. The van der Waals surface area contributed by atoms with E-state index in [2.05, 4.69) is 9.44 Å². The van der Waals surface area contributed by atoms with E-state index in [-0.39, 0.29) is 28.6 Å². The first kappa shape index (κ1) is 22.2. The molecule has 0 spiro atoms. The number of sulfonamides is 3. The van der Waals surface area contributed by atoms with E-state index in [1.54, 1.807) is 0 Å². The third kappa shape index (κ3) is 5.96. The van der Waals surface area contributed by atoms with Crippen LogP contribution in [-0.4, -0.2) is 61.5 Å². The number of hydrogen-bond acceptors (Lipinski definition) is 6. The fourth-order valence-electron chi connectivity index (χ4n) is 2.58. The summed E-state index contributed by atoms with van der Waals surface area (Å²) in [6, 6.07) is 5.09. The highest BCUT2D eigenvalue weighted by atomic mass is 32.2. The van der Waals surface area contributed by atoms with Crippen LogP contribution in [0.25, 0.3) is 0 Å². The van der Waals surface area contributed by atoms with Crippen LogP contribution >= 0.6 is 0 Å². The molecule has 1 aromatic rings. The maximum Gasteiger partial charge on any atom is 0.243 e. The standard InChI is InChI=1S/C15H25N3O6S3/c1-2-25(19,20)16-10-5-11-17-26(21,22)14-6-8-15(9-7-14)27(23,24)18-12-3-4-13-18/h6-9,16-17H,2-5,10-13H2,1H3. The lowest BCUT2D eigenvalue weighted by Gasteiger charge is -2.15. The van der Waals surface area contributed by atoms with Crippen molar-refractivity contribution < 1.29 is 25.3 Å². The fraction of sp³-hybridized carbons (Fsp3) is 0.600. The summed E-state index contributed by atoms with van der Waals surface area (Å²) in [7, 11) is -10.7. The first-order chi connectivity index (χ1) is 12.6. The minimum absolute atomic E-state index is 0.0363. The van der Waals surface area contributed by atoms with Crippen molar-refractivity contribution in [2.24, 2.45) is 0 Å². The molecule has 1 aliphatic heterocycles. The van der Waals surface area contributed by atoms with Crippen molar-refractivity contribution in [1.82, 2.24) is 13.7 Å². The first-order valence-electron chi connectivity index (χ1n) is 8.66. The molecule has 0 saturated carbocycles. The zero-order valence-corrected chi connectivity index (χ0v) is 17.5. The number of nitrogens with zero attached hydrogens (tertiary/aromatic N) is 1. The van der Waals surface area contributed by atoms with Crippen molar-refractivity contribution in [3.05, 3.63) is 24.3 Å². The van der Waals surface area contributed by atoms with Crippen LogP contribution in [0.3, 0.4) is 0 Å². The zero-order valence-electron chi connectivity index (χ0n) is 15.1. The van der Waals surface area contributed by atoms with E-state index < -0.39 is 30.1 Å². The van der Waals surface area contributed by atoms with Gasteiger partial charge in [0.05, 0.1) is 15.5 Å². The Labute approximate surface area is 161 Å². The van der Waals surface area contributed by atoms with Crippen molar-refractivity contribution in [2.75, 3.05) is 31.9 Å². The van der Waals surface area contributed by atoms with Crippen molar-refractivity contribution >= 4 is 30.1 Å². The van der Waals surface area contributed by atoms with Gasteiger partial charge in [0, 0.05) is 26.2 Å². The molecule has 0 atom stereocenters. The summed E-state index contributed by atoms with van der Waals surface area (Å²) in [4.78, 5) is 0.0225. The van der Waals surface area contributed by atoms with Crippen LogP contribution in [0.15, 0.2) is 34.1 Å². The Bertz CT molecular complexity index is 935. The lowest BCUT2D eigenvalue weighted by Crippen LogP contribution is -2.30. The van der Waals surface area contributed by atoms with Gasteiger partial charge in [-0.15, -0.1) is 0 Å². The highest BCUT2D eigenvalue weighted by molar-refractivity contribution is 7.90. The molecule has 1 aliphatic rings. The maximum absolute atomic E-state index is 12.4. The van der Waals surface area contributed by atoms with Gasteiger partial charge in [0.25, 0.3) is 0 Å². The Kier molecular flexibility index (Phi) is 7.39. The second-order valence-electron chi connectivity index (χ2n) is 6.13. The molecular weight excluding hydrogens is 414 g/mol. The molecule has 0 radical (unpaired) electrons. The summed E-state index contributed by atoms with van der Waals surface area (Å²) in [5, 5.41) is 0. The van der Waals surface area contributed by atoms with Gasteiger partial charge in [-0.2, -0.15) is 4.31 Å². The smallest absolute Gasteiger partial charge is 0.215 e. The van der Waals surface area contributed by atoms with Crippen LogP contribution in [0.2, 0.25) is 0 Å². The fourth-order valence-corrected chi connectivity index (χ4v) is 5.83. The third-order valence-electron chi connectivity index (χ3n) is 4.18. The molecule has 2 N–H and O–H groups in total. The maximum atomic E-state index is 12.4. The molecule has 2 rings (SSSR count). The topological polar surface area (TPSA) is 130 Å². The van der Waals surface area contributed by atoms with Crippen LogP contribution in [-0.2, 0) is 30.1 Å². The van der Waals surface area contributed by atoms with Crippen molar-refractivity contribution in [2.45, 2.75) is 36.0 Å². The summed E-state index contributed by atoms with van der Waals surface area (Å²) in [6.45, 7) is 2.66. The van der Waals surface area contributed by atoms with E-state index in [0.29, 0.717) is 19.5 Å². The second kappa shape index (κ2) is 8.97. The molecule has 1 fully saturated rings. The molecule has 9 nitrogen and oxygen atoms in total. The number of rotatable bonds is 10. The Morgan fingerprint density at radius 2 is 1.37 bits per heavy atom. The van der Waals surface area contributed by atoms with Gasteiger partial charge in [0.2, 0.25) is 30.1 Å². The average Bonchev–Trinajstić information content (AvgIpc) is 3.17. The van der Waals surface area contributed by atoms with Gasteiger partial charge in [-0.3, -0.25) is 0 Å². The molecule has 0 unspecified atom stereocenters. The van der Waals surface area contributed by atoms with E-state index in [4.69, 9.17) is 0 Å². The number of benzene rings is 1. The normalized spacial score (nSPS) is 16.6. The molecule has 0 amide bonds. The SMILES string of the molecule is CCS(=O)(=O)NCCCNS(=O)(=O)c1ccc(S(=O)(=O)N2CCCC2)cc1. The van der Waals surface area contributed by atoms with E-state index in [1.165, 1.54) is 35.5 Å².